The van der Waals surface area contributed by atoms with Crippen LogP contribution in [-0.2, 0) is 17.8 Å². The topological polar surface area (TPSA) is 58.1 Å². The van der Waals surface area contributed by atoms with Crippen LogP contribution in [0, 0.1) is 5.82 Å². The first-order chi connectivity index (χ1) is 14.7. The van der Waals surface area contributed by atoms with Crippen LogP contribution in [0.1, 0.15) is 18.1 Å². The third kappa shape index (κ3) is 9.40. The number of guanidine groups is 1. The van der Waals surface area contributed by atoms with Crippen molar-refractivity contribution >= 4 is 29.9 Å². The van der Waals surface area contributed by atoms with E-state index in [1.807, 2.05) is 31.2 Å². The molecule has 0 aliphatic carbocycles. The Hall–Kier alpha value is -1.91. The Balaban J connectivity index is 0.00000341. The zero-order valence-corrected chi connectivity index (χ0v) is 20.3. The molecule has 0 saturated carbocycles. The first kappa shape index (κ1) is 25.4. The van der Waals surface area contributed by atoms with Crippen LogP contribution in [0.4, 0.5) is 4.39 Å². The largest absolute Gasteiger partial charge is 0.492 e. The van der Waals surface area contributed by atoms with Crippen molar-refractivity contribution in [1.82, 2.24) is 15.5 Å². The van der Waals surface area contributed by atoms with Gasteiger partial charge in [0.05, 0.1) is 19.8 Å². The molecule has 1 fully saturated rings. The fourth-order valence-electron chi connectivity index (χ4n) is 3.20. The van der Waals surface area contributed by atoms with Crippen LogP contribution in [0.5, 0.6) is 5.75 Å². The molecule has 31 heavy (non-hydrogen) atoms. The molecule has 1 heterocycles. The Bertz CT molecular complexity index is 816. The number of ether oxygens (including phenoxy) is 2. The maximum atomic E-state index is 13.3. The van der Waals surface area contributed by atoms with Crippen molar-refractivity contribution in [1.29, 1.82) is 0 Å². The molecule has 3 rings (SSSR count). The van der Waals surface area contributed by atoms with Gasteiger partial charge in [0.2, 0.25) is 0 Å². The normalized spacial score (nSPS) is 14.6. The Morgan fingerprint density at radius 2 is 1.87 bits per heavy atom. The molecular weight excluding hydrogens is 510 g/mol. The summed E-state index contributed by atoms with van der Waals surface area (Å²) >= 11 is 0. The molecule has 2 aromatic rings. The van der Waals surface area contributed by atoms with Crippen molar-refractivity contribution in [3.63, 3.8) is 0 Å². The Kier molecular flexibility index (Phi) is 11.6. The third-order valence-electron chi connectivity index (χ3n) is 4.79. The predicted molar refractivity (Wildman–Crippen MR) is 133 cm³/mol. The number of rotatable bonds is 9. The monoisotopic (exact) mass is 542 g/mol. The molecule has 0 bridgehead atoms. The highest BCUT2D eigenvalue weighted by atomic mass is 127. The van der Waals surface area contributed by atoms with E-state index in [9.17, 15) is 4.39 Å². The fraction of sp³-hybridized carbons (Fsp3) is 0.435. The predicted octanol–water partition coefficient (Wildman–Crippen LogP) is 3.41. The van der Waals surface area contributed by atoms with Gasteiger partial charge in [-0.3, -0.25) is 4.90 Å². The number of aliphatic imine (C=N–C) groups is 1. The van der Waals surface area contributed by atoms with Crippen molar-refractivity contribution < 1.29 is 13.9 Å². The van der Waals surface area contributed by atoms with Crippen molar-refractivity contribution in [3.05, 3.63) is 65.5 Å². The van der Waals surface area contributed by atoms with Gasteiger partial charge in [-0.1, -0.05) is 24.3 Å². The minimum Gasteiger partial charge on any atom is -0.492 e. The first-order valence-corrected chi connectivity index (χ1v) is 10.5. The summed E-state index contributed by atoms with van der Waals surface area (Å²) in [6, 6.07) is 14.6. The molecule has 0 amide bonds. The summed E-state index contributed by atoms with van der Waals surface area (Å²) in [7, 11) is 0. The summed E-state index contributed by atoms with van der Waals surface area (Å²) in [5.41, 5.74) is 1.94. The Morgan fingerprint density at radius 3 is 2.65 bits per heavy atom. The molecule has 170 valence electrons. The van der Waals surface area contributed by atoms with E-state index in [0.29, 0.717) is 25.7 Å². The van der Waals surface area contributed by atoms with Gasteiger partial charge in [-0.15, -0.1) is 24.0 Å². The van der Waals surface area contributed by atoms with Crippen molar-refractivity contribution in [2.75, 3.05) is 46.0 Å². The number of hydrogen-bond acceptors (Lipinski definition) is 4. The lowest BCUT2D eigenvalue weighted by Gasteiger charge is -2.26. The molecule has 0 aromatic heterocycles. The second-order valence-electron chi connectivity index (χ2n) is 7.13. The summed E-state index contributed by atoms with van der Waals surface area (Å²) in [6.07, 6.45) is 0. The van der Waals surface area contributed by atoms with Crippen LogP contribution < -0.4 is 15.4 Å². The van der Waals surface area contributed by atoms with Crippen LogP contribution in [0.15, 0.2) is 53.5 Å². The number of halogens is 2. The summed E-state index contributed by atoms with van der Waals surface area (Å²) in [6.45, 7) is 8.91. The van der Waals surface area contributed by atoms with Crippen LogP contribution in [0.2, 0.25) is 0 Å². The molecular formula is C23H32FIN4O2. The number of benzene rings is 2. The molecule has 1 aliphatic rings. The van der Waals surface area contributed by atoms with Crippen molar-refractivity contribution in [2.45, 2.75) is 20.0 Å². The number of hydrogen-bond donors (Lipinski definition) is 2. The van der Waals surface area contributed by atoms with Gasteiger partial charge in [0.15, 0.2) is 5.96 Å². The summed E-state index contributed by atoms with van der Waals surface area (Å²) < 4.78 is 24.6. The van der Waals surface area contributed by atoms with Crippen molar-refractivity contribution in [2.24, 2.45) is 4.99 Å². The molecule has 0 atom stereocenters. The molecule has 6 nitrogen and oxygen atoms in total. The molecule has 2 aromatic carbocycles. The van der Waals surface area contributed by atoms with Crippen LogP contribution in [0.25, 0.3) is 0 Å². The molecule has 0 unspecified atom stereocenters. The van der Waals surface area contributed by atoms with Gasteiger partial charge >= 0.3 is 0 Å². The standard InChI is InChI=1S/C23H31FN4O2.HI/c1-2-25-23(26-17-19-5-3-7-21(24)15-19)27-18-20-6-4-8-22(16-20)30-14-11-28-9-12-29-13-10-28;/h3-8,15-16H,2,9-14,17-18H2,1H3,(H2,25,26,27);1H. The molecule has 2 N–H and O–H groups in total. The van der Waals surface area contributed by atoms with Crippen LogP contribution in [-0.4, -0.2) is 56.9 Å². The van der Waals surface area contributed by atoms with Gasteiger partial charge in [0.1, 0.15) is 18.2 Å². The fourth-order valence-corrected chi connectivity index (χ4v) is 3.20. The quantitative estimate of drug-likeness (QED) is 0.289. The van der Waals surface area contributed by atoms with Crippen molar-refractivity contribution in [3.8, 4) is 5.75 Å². The van der Waals surface area contributed by atoms with E-state index in [1.54, 1.807) is 6.07 Å². The van der Waals surface area contributed by atoms with E-state index in [1.165, 1.54) is 12.1 Å². The van der Waals surface area contributed by atoms with Gasteiger partial charge in [-0.25, -0.2) is 9.38 Å². The number of nitrogens with zero attached hydrogens (tertiary/aromatic N) is 2. The highest BCUT2D eigenvalue weighted by molar-refractivity contribution is 14.0. The van der Waals surface area contributed by atoms with E-state index in [2.05, 4.69) is 26.6 Å². The smallest absolute Gasteiger partial charge is 0.191 e. The van der Waals surface area contributed by atoms with E-state index in [4.69, 9.17) is 9.47 Å². The molecule has 8 heteroatoms. The maximum absolute atomic E-state index is 13.3. The second-order valence-corrected chi connectivity index (χ2v) is 7.13. The summed E-state index contributed by atoms with van der Waals surface area (Å²) in [5.74, 6) is 1.32. The highest BCUT2D eigenvalue weighted by Gasteiger charge is 2.09. The van der Waals surface area contributed by atoms with E-state index >= 15 is 0 Å². The molecule has 0 radical (unpaired) electrons. The first-order valence-electron chi connectivity index (χ1n) is 10.5. The zero-order valence-electron chi connectivity index (χ0n) is 18.0. The number of nitrogens with one attached hydrogen (secondary N) is 2. The Labute approximate surface area is 201 Å². The molecule has 1 aliphatic heterocycles. The van der Waals surface area contributed by atoms with E-state index < -0.39 is 0 Å². The van der Waals surface area contributed by atoms with Crippen LogP contribution in [0.3, 0.4) is 0 Å². The van der Waals surface area contributed by atoms with Gasteiger partial charge in [-0.2, -0.15) is 0 Å². The lowest BCUT2D eigenvalue weighted by Crippen LogP contribution is -2.38. The van der Waals surface area contributed by atoms with E-state index in [-0.39, 0.29) is 29.8 Å². The lowest BCUT2D eigenvalue weighted by molar-refractivity contribution is 0.0322. The third-order valence-corrected chi connectivity index (χ3v) is 4.79. The highest BCUT2D eigenvalue weighted by Crippen LogP contribution is 2.13. The van der Waals surface area contributed by atoms with Gasteiger partial charge in [-0.05, 0) is 42.3 Å². The van der Waals surface area contributed by atoms with Gasteiger partial charge in [0.25, 0.3) is 0 Å². The molecule has 0 spiro atoms. The average Bonchev–Trinajstić information content (AvgIpc) is 2.77. The lowest BCUT2D eigenvalue weighted by atomic mass is 10.2. The average molecular weight is 542 g/mol. The maximum Gasteiger partial charge on any atom is 0.191 e. The van der Waals surface area contributed by atoms with Gasteiger partial charge < -0.3 is 20.1 Å². The number of morpholine rings is 1. The van der Waals surface area contributed by atoms with Crippen LogP contribution >= 0.6 is 24.0 Å². The molecule has 1 saturated heterocycles. The van der Waals surface area contributed by atoms with E-state index in [0.717, 1.165) is 56.3 Å². The minimum atomic E-state index is -0.244. The van der Waals surface area contributed by atoms with Gasteiger partial charge in [0, 0.05) is 32.7 Å². The summed E-state index contributed by atoms with van der Waals surface area (Å²) in [4.78, 5) is 6.90. The second kappa shape index (κ2) is 14.2. The SMILES string of the molecule is CCNC(=NCc1cccc(F)c1)NCc1cccc(OCCN2CCOCC2)c1.I. The zero-order chi connectivity index (χ0) is 21.0. The summed E-state index contributed by atoms with van der Waals surface area (Å²) in [5, 5.41) is 6.55. The minimum absolute atomic E-state index is 0. The Morgan fingerprint density at radius 1 is 1.10 bits per heavy atom.